The molecule has 1 aliphatic rings. The van der Waals surface area contributed by atoms with E-state index in [0.29, 0.717) is 6.54 Å². The van der Waals surface area contributed by atoms with Crippen LogP contribution >= 0.6 is 0 Å². The molecular weight excluding hydrogens is 152 g/mol. The van der Waals surface area contributed by atoms with Crippen molar-refractivity contribution < 1.29 is 5.11 Å². The van der Waals surface area contributed by atoms with E-state index in [-0.39, 0.29) is 6.10 Å². The molecule has 2 N–H and O–H groups in total. The van der Waals surface area contributed by atoms with Gasteiger partial charge in [0.2, 0.25) is 0 Å². The molecule has 1 aliphatic heterocycles. The van der Waals surface area contributed by atoms with Crippen LogP contribution in [0.2, 0.25) is 0 Å². The summed E-state index contributed by atoms with van der Waals surface area (Å²) in [6.07, 6.45) is 1.40. The van der Waals surface area contributed by atoms with E-state index >= 15 is 0 Å². The summed E-state index contributed by atoms with van der Waals surface area (Å²) in [6, 6.07) is 1.94. The number of aryl methyl sites for hydroxylation is 1. The molecule has 64 valence electrons. The Morgan fingerprint density at radius 3 is 3.25 bits per heavy atom. The maximum Gasteiger partial charge on any atom is 0.0935 e. The number of nitrogens with zero attached hydrogens (tertiary/aromatic N) is 1. The minimum atomic E-state index is -0.387. The topological polar surface area (TPSA) is 45.2 Å². The predicted octanol–water partition coefficient (Wildman–Crippen LogP) is 0.527. The van der Waals surface area contributed by atoms with E-state index in [9.17, 15) is 5.11 Å². The largest absolute Gasteiger partial charge is 0.387 e. The van der Waals surface area contributed by atoms with Gasteiger partial charge in [-0.3, -0.25) is 4.98 Å². The van der Waals surface area contributed by atoms with Crippen molar-refractivity contribution in [2.45, 2.75) is 19.6 Å². The van der Waals surface area contributed by atoms with Crippen molar-refractivity contribution in [1.82, 2.24) is 10.3 Å². The fraction of sp³-hybridized carbons (Fsp3) is 0.444. The molecule has 2 rings (SSSR count). The Morgan fingerprint density at radius 1 is 1.67 bits per heavy atom. The number of β-amino-alcohol motifs (C(OH)–C–C–N with tert-alkyl or cyclic N) is 1. The van der Waals surface area contributed by atoms with Crippen LogP contribution in [0.1, 0.15) is 22.9 Å². The van der Waals surface area contributed by atoms with Crippen LogP contribution in [-0.4, -0.2) is 16.6 Å². The Kier molecular flexibility index (Phi) is 1.83. The van der Waals surface area contributed by atoms with E-state index in [0.717, 1.165) is 23.4 Å². The van der Waals surface area contributed by atoms with Gasteiger partial charge in [0, 0.05) is 24.8 Å². The van der Waals surface area contributed by atoms with Crippen molar-refractivity contribution in [3.63, 3.8) is 0 Å². The number of rotatable bonds is 0. The average Bonchev–Trinajstić information content (AvgIpc) is 2.04. The molecule has 0 radical (unpaired) electrons. The van der Waals surface area contributed by atoms with Gasteiger partial charge < -0.3 is 10.4 Å². The molecule has 0 amide bonds. The van der Waals surface area contributed by atoms with Gasteiger partial charge in [0.05, 0.1) is 11.8 Å². The van der Waals surface area contributed by atoms with Crippen LogP contribution in [0.4, 0.5) is 0 Å². The highest BCUT2D eigenvalue weighted by atomic mass is 16.3. The summed E-state index contributed by atoms with van der Waals surface area (Å²) in [5.74, 6) is 0. The first-order valence-electron chi connectivity index (χ1n) is 4.12. The molecule has 3 heteroatoms. The number of aliphatic hydroxyl groups excluding tert-OH is 1. The van der Waals surface area contributed by atoms with Crippen molar-refractivity contribution in [2.24, 2.45) is 0 Å². The van der Waals surface area contributed by atoms with Gasteiger partial charge in [0.25, 0.3) is 0 Å². The van der Waals surface area contributed by atoms with Crippen molar-refractivity contribution in [1.29, 1.82) is 0 Å². The number of aromatic nitrogens is 1. The molecule has 0 aromatic carbocycles. The first kappa shape index (κ1) is 7.71. The van der Waals surface area contributed by atoms with E-state index in [2.05, 4.69) is 10.3 Å². The highest BCUT2D eigenvalue weighted by molar-refractivity contribution is 5.32. The summed E-state index contributed by atoms with van der Waals surface area (Å²) >= 11 is 0. The van der Waals surface area contributed by atoms with Crippen LogP contribution < -0.4 is 5.32 Å². The maximum absolute atomic E-state index is 9.64. The highest BCUT2D eigenvalue weighted by Crippen LogP contribution is 2.22. The molecule has 0 aliphatic carbocycles. The minimum absolute atomic E-state index is 0.387. The summed E-state index contributed by atoms with van der Waals surface area (Å²) in [6.45, 7) is 3.42. The molecule has 3 nitrogen and oxygen atoms in total. The van der Waals surface area contributed by atoms with Crippen molar-refractivity contribution in [2.75, 3.05) is 6.54 Å². The molecule has 12 heavy (non-hydrogen) atoms. The lowest BCUT2D eigenvalue weighted by Gasteiger charge is -2.22. The Bertz CT molecular complexity index is 299. The van der Waals surface area contributed by atoms with Crippen LogP contribution in [0.25, 0.3) is 0 Å². The predicted molar refractivity (Wildman–Crippen MR) is 45.6 cm³/mol. The van der Waals surface area contributed by atoms with Gasteiger partial charge in [-0.2, -0.15) is 0 Å². The second-order valence-electron chi connectivity index (χ2n) is 3.13. The quantitative estimate of drug-likeness (QED) is 0.588. The number of nitrogens with one attached hydrogen (secondary N) is 1. The van der Waals surface area contributed by atoms with E-state index in [1.165, 1.54) is 0 Å². The lowest BCUT2D eigenvalue weighted by molar-refractivity contribution is 0.163. The van der Waals surface area contributed by atoms with Gasteiger partial charge in [-0.05, 0) is 18.6 Å². The standard InChI is InChI=1S/C9H12N2O/c1-6-2-3-11-7-4-10-5-8(12)9(6)7/h2-3,8,10,12H,4-5H2,1H3. The summed E-state index contributed by atoms with van der Waals surface area (Å²) in [5, 5.41) is 12.7. The number of hydrogen-bond acceptors (Lipinski definition) is 3. The third-order valence-electron chi connectivity index (χ3n) is 2.25. The fourth-order valence-corrected chi connectivity index (χ4v) is 1.65. The molecule has 1 aromatic rings. The van der Waals surface area contributed by atoms with Gasteiger partial charge >= 0.3 is 0 Å². The molecule has 1 unspecified atom stereocenters. The Hall–Kier alpha value is -0.930. The Labute approximate surface area is 71.4 Å². The monoisotopic (exact) mass is 164 g/mol. The molecule has 0 bridgehead atoms. The third-order valence-corrected chi connectivity index (χ3v) is 2.25. The van der Waals surface area contributed by atoms with E-state index in [4.69, 9.17) is 0 Å². The molecular formula is C9H12N2O. The number of aliphatic hydroxyl groups is 1. The fourth-order valence-electron chi connectivity index (χ4n) is 1.65. The molecule has 0 saturated carbocycles. The molecule has 0 spiro atoms. The van der Waals surface area contributed by atoms with Gasteiger partial charge in [-0.15, -0.1) is 0 Å². The van der Waals surface area contributed by atoms with E-state index < -0.39 is 0 Å². The lowest BCUT2D eigenvalue weighted by Crippen LogP contribution is -2.29. The van der Waals surface area contributed by atoms with Crippen LogP contribution in [0, 0.1) is 6.92 Å². The zero-order chi connectivity index (χ0) is 8.55. The molecule has 1 aromatic heterocycles. The molecule has 2 heterocycles. The first-order valence-corrected chi connectivity index (χ1v) is 4.12. The minimum Gasteiger partial charge on any atom is -0.387 e. The second-order valence-corrected chi connectivity index (χ2v) is 3.13. The maximum atomic E-state index is 9.64. The van der Waals surface area contributed by atoms with Crippen molar-refractivity contribution in [3.05, 3.63) is 29.1 Å². The molecule has 0 saturated heterocycles. The van der Waals surface area contributed by atoms with Crippen LogP contribution in [0.3, 0.4) is 0 Å². The van der Waals surface area contributed by atoms with Gasteiger partial charge in [-0.25, -0.2) is 0 Å². The molecule has 0 fully saturated rings. The number of pyridine rings is 1. The van der Waals surface area contributed by atoms with E-state index in [1.54, 1.807) is 6.20 Å². The highest BCUT2D eigenvalue weighted by Gasteiger charge is 2.19. The van der Waals surface area contributed by atoms with Gasteiger partial charge in [0.15, 0.2) is 0 Å². The zero-order valence-corrected chi connectivity index (χ0v) is 7.04. The number of hydrogen-bond donors (Lipinski definition) is 2. The van der Waals surface area contributed by atoms with E-state index in [1.807, 2.05) is 13.0 Å². The van der Waals surface area contributed by atoms with Crippen LogP contribution in [0.15, 0.2) is 12.3 Å². The third kappa shape index (κ3) is 1.11. The summed E-state index contributed by atoms with van der Waals surface area (Å²) < 4.78 is 0. The van der Waals surface area contributed by atoms with Crippen molar-refractivity contribution >= 4 is 0 Å². The second kappa shape index (κ2) is 2.84. The normalized spacial score (nSPS) is 22.0. The molecule has 1 atom stereocenters. The first-order chi connectivity index (χ1) is 5.79. The number of fused-ring (bicyclic) bond motifs is 1. The SMILES string of the molecule is Cc1ccnc2c1C(O)CNC2. The van der Waals surface area contributed by atoms with Crippen LogP contribution in [-0.2, 0) is 6.54 Å². The summed E-state index contributed by atoms with van der Waals surface area (Å²) in [7, 11) is 0. The Balaban J connectivity index is 2.53. The average molecular weight is 164 g/mol. The van der Waals surface area contributed by atoms with Gasteiger partial charge in [0.1, 0.15) is 0 Å². The van der Waals surface area contributed by atoms with Crippen LogP contribution in [0.5, 0.6) is 0 Å². The summed E-state index contributed by atoms with van der Waals surface area (Å²) in [4.78, 5) is 4.21. The Morgan fingerprint density at radius 2 is 2.50 bits per heavy atom. The lowest BCUT2D eigenvalue weighted by atomic mass is 9.99. The zero-order valence-electron chi connectivity index (χ0n) is 7.04. The van der Waals surface area contributed by atoms with Gasteiger partial charge in [-0.1, -0.05) is 0 Å². The summed E-state index contributed by atoms with van der Waals surface area (Å²) in [5.41, 5.74) is 3.12. The van der Waals surface area contributed by atoms with Crippen molar-refractivity contribution in [3.8, 4) is 0 Å². The smallest absolute Gasteiger partial charge is 0.0935 e.